The Balaban J connectivity index is 1.61. The summed E-state index contributed by atoms with van der Waals surface area (Å²) in [6.07, 6.45) is 0.609. The summed E-state index contributed by atoms with van der Waals surface area (Å²) in [4.78, 5) is 25.2. The molecule has 1 aliphatic heterocycles. The molecular weight excluding hydrogens is 426 g/mol. The number of carbonyl (C=O) groups excluding carboxylic acids is 1. The number of carbonyl (C=O) groups is 1. The molecule has 30 heavy (non-hydrogen) atoms. The molecular formula is C20H17N3O5S2. The van der Waals surface area contributed by atoms with Crippen LogP contribution in [0.2, 0.25) is 0 Å². The van der Waals surface area contributed by atoms with Gasteiger partial charge >= 0.3 is 0 Å². The standard InChI is InChI=1S/C20H17N3O5S2/c1-13-4-6-16(23(25)26)12-19(13)30(27,28)21-15-5-7-17-14(11-15)8-9-22(17)20(24)18-3-2-10-29-18/h2-7,10-12,21H,8-9H2,1H3. The first-order chi connectivity index (χ1) is 14.3. The molecule has 0 saturated carbocycles. The van der Waals surface area contributed by atoms with Crippen LogP contribution >= 0.6 is 11.3 Å². The van der Waals surface area contributed by atoms with Crippen LogP contribution in [0.1, 0.15) is 20.8 Å². The summed E-state index contributed by atoms with van der Waals surface area (Å²) >= 11 is 1.37. The maximum Gasteiger partial charge on any atom is 0.270 e. The van der Waals surface area contributed by atoms with Crippen molar-refractivity contribution >= 4 is 44.3 Å². The van der Waals surface area contributed by atoms with Gasteiger partial charge in [-0.25, -0.2) is 8.42 Å². The molecule has 0 aliphatic carbocycles. The summed E-state index contributed by atoms with van der Waals surface area (Å²) < 4.78 is 28.1. The Bertz CT molecular complexity index is 1250. The van der Waals surface area contributed by atoms with Gasteiger partial charge in [-0.05, 0) is 54.1 Å². The lowest BCUT2D eigenvalue weighted by Gasteiger charge is -2.17. The highest BCUT2D eigenvalue weighted by atomic mass is 32.2. The normalized spacial score (nSPS) is 13.2. The summed E-state index contributed by atoms with van der Waals surface area (Å²) in [7, 11) is -4.02. The Hall–Kier alpha value is -3.24. The van der Waals surface area contributed by atoms with Crippen LogP contribution < -0.4 is 9.62 Å². The molecule has 0 saturated heterocycles. The Morgan fingerprint density at radius 3 is 2.70 bits per heavy atom. The first-order valence-corrected chi connectivity index (χ1v) is 11.4. The minimum absolute atomic E-state index is 0.0794. The molecule has 1 N–H and O–H groups in total. The van der Waals surface area contributed by atoms with Crippen LogP contribution in [0.3, 0.4) is 0 Å². The monoisotopic (exact) mass is 443 g/mol. The van der Waals surface area contributed by atoms with Crippen molar-refractivity contribution < 1.29 is 18.1 Å². The molecule has 0 unspecified atom stereocenters. The van der Waals surface area contributed by atoms with Gasteiger partial charge in [0, 0.05) is 30.1 Å². The molecule has 154 valence electrons. The highest BCUT2D eigenvalue weighted by molar-refractivity contribution is 7.92. The largest absolute Gasteiger partial charge is 0.307 e. The van der Waals surface area contributed by atoms with Crippen molar-refractivity contribution in [3.05, 3.63) is 80.0 Å². The van der Waals surface area contributed by atoms with E-state index in [1.54, 1.807) is 36.1 Å². The Morgan fingerprint density at radius 2 is 2.00 bits per heavy atom. The summed E-state index contributed by atoms with van der Waals surface area (Å²) in [6, 6.07) is 12.3. The molecule has 0 bridgehead atoms. The van der Waals surface area contributed by atoms with E-state index in [4.69, 9.17) is 0 Å². The molecule has 10 heteroatoms. The number of anilines is 2. The number of fused-ring (bicyclic) bond motifs is 1. The number of aryl methyl sites for hydroxylation is 1. The molecule has 0 fully saturated rings. The predicted molar refractivity (Wildman–Crippen MR) is 115 cm³/mol. The summed E-state index contributed by atoms with van der Waals surface area (Å²) in [6.45, 7) is 2.10. The molecule has 8 nitrogen and oxygen atoms in total. The average molecular weight is 444 g/mol. The van der Waals surface area contributed by atoms with E-state index in [1.165, 1.54) is 23.5 Å². The zero-order valence-electron chi connectivity index (χ0n) is 15.9. The number of nitro groups is 1. The number of non-ortho nitro benzene ring substituents is 1. The number of sulfonamides is 1. The Morgan fingerprint density at radius 1 is 1.20 bits per heavy atom. The number of hydrogen-bond acceptors (Lipinski definition) is 6. The summed E-state index contributed by atoms with van der Waals surface area (Å²) in [5.74, 6) is -0.0794. The minimum atomic E-state index is -4.02. The topological polar surface area (TPSA) is 110 Å². The molecule has 4 rings (SSSR count). The van der Waals surface area contributed by atoms with Crippen LogP contribution in [0.25, 0.3) is 0 Å². The Labute approximate surface area is 177 Å². The number of hydrogen-bond donors (Lipinski definition) is 1. The van der Waals surface area contributed by atoms with Gasteiger partial charge in [0.2, 0.25) is 0 Å². The third-order valence-electron chi connectivity index (χ3n) is 4.88. The summed E-state index contributed by atoms with van der Waals surface area (Å²) in [5, 5.41) is 12.9. The van der Waals surface area contributed by atoms with Gasteiger partial charge in [-0.3, -0.25) is 19.6 Å². The van der Waals surface area contributed by atoms with Crippen LogP contribution in [-0.4, -0.2) is 25.8 Å². The number of amides is 1. The lowest BCUT2D eigenvalue weighted by atomic mass is 10.1. The van der Waals surface area contributed by atoms with E-state index in [0.29, 0.717) is 29.1 Å². The second kappa shape index (κ2) is 7.54. The van der Waals surface area contributed by atoms with Crippen molar-refractivity contribution in [3.8, 4) is 0 Å². The maximum atomic E-state index is 12.8. The summed E-state index contributed by atoms with van der Waals surface area (Å²) in [5.41, 5.74) is 2.06. The second-order valence-corrected chi connectivity index (χ2v) is 9.44. The fourth-order valence-corrected chi connectivity index (χ4v) is 5.40. The van der Waals surface area contributed by atoms with Crippen molar-refractivity contribution in [3.63, 3.8) is 0 Å². The van der Waals surface area contributed by atoms with E-state index < -0.39 is 14.9 Å². The third kappa shape index (κ3) is 3.66. The molecule has 0 atom stereocenters. The van der Waals surface area contributed by atoms with Gasteiger partial charge in [-0.1, -0.05) is 12.1 Å². The zero-order valence-corrected chi connectivity index (χ0v) is 17.5. The number of benzene rings is 2. The smallest absolute Gasteiger partial charge is 0.270 e. The van der Waals surface area contributed by atoms with Gasteiger partial charge in [0.05, 0.1) is 14.7 Å². The van der Waals surface area contributed by atoms with Crippen molar-refractivity contribution in [2.24, 2.45) is 0 Å². The SMILES string of the molecule is Cc1ccc([N+](=O)[O-])cc1S(=O)(=O)Nc1ccc2c(c1)CCN2C(=O)c1cccs1. The maximum absolute atomic E-state index is 12.8. The second-order valence-electron chi connectivity index (χ2n) is 6.84. The van der Waals surface area contributed by atoms with Crippen molar-refractivity contribution in [2.45, 2.75) is 18.2 Å². The van der Waals surface area contributed by atoms with Gasteiger partial charge in [-0.15, -0.1) is 11.3 Å². The van der Waals surface area contributed by atoms with Crippen LogP contribution in [0, 0.1) is 17.0 Å². The first-order valence-electron chi connectivity index (χ1n) is 9.02. The van der Waals surface area contributed by atoms with Gasteiger partial charge in [0.1, 0.15) is 0 Å². The lowest BCUT2D eigenvalue weighted by molar-refractivity contribution is -0.385. The van der Waals surface area contributed by atoms with Crippen LogP contribution in [0.5, 0.6) is 0 Å². The number of nitro benzene ring substituents is 1. The first kappa shape index (κ1) is 20.0. The van der Waals surface area contributed by atoms with Gasteiger partial charge in [-0.2, -0.15) is 0 Å². The van der Waals surface area contributed by atoms with Crippen molar-refractivity contribution in [1.29, 1.82) is 0 Å². The van der Waals surface area contributed by atoms with Gasteiger partial charge in [0.15, 0.2) is 0 Å². The molecule has 1 aromatic heterocycles. The van der Waals surface area contributed by atoms with E-state index in [2.05, 4.69) is 4.72 Å². The van der Waals surface area contributed by atoms with Crippen molar-refractivity contribution in [1.82, 2.24) is 0 Å². The number of thiophene rings is 1. The van der Waals surface area contributed by atoms with Gasteiger partial charge in [0.25, 0.3) is 21.6 Å². The quantitative estimate of drug-likeness (QED) is 0.474. The molecule has 1 amide bonds. The van der Waals surface area contributed by atoms with E-state index >= 15 is 0 Å². The molecule has 2 heterocycles. The molecule has 0 radical (unpaired) electrons. The number of nitrogens with zero attached hydrogens (tertiary/aromatic N) is 2. The lowest BCUT2D eigenvalue weighted by Crippen LogP contribution is -2.28. The molecule has 0 spiro atoms. The fourth-order valence-electron chi connectivity index (χ4n) is 3.41. The van der Waals surface area contributed by atoms with Gasteiger partial charge < -0.3 is 4.90 Å². The highest BCUT2D eigenvalue weighted by Gasteiger charge is 2.27. The minimum Gasteiger partial charge on any atom is -0.307 e. The highest BCUT2D eigenvalue weighted by Crippen LogP contribution is 2.33. The average Bonchev–Trinajstić information content (AvgIpc) is 3.37. The van der Waals surface area contributed by atoms with Crippen LogP contribution in [0.4, 0.5) is 17.1 Å². The van der Waals surface area contributed by atoms with E-state index in [9.17, 15) is 23.3 Å². The Kier molecular flexibility index (Phi) is 5.04. The molecule has 1 aliphatic rings. The van der Waals surface area contributed by atoms with Crippen molar-refractivity contribution in [2.75, 3.05) is 16.2 Å². The fraction of sp³-hybridized carbons (Fsp3) is 0.150. The number of nitrogens with one attached hydrogen (secondary N) is 1. The predicted octanol–water partition coefficient (Wildman–Crippen LogP) is 3.97. The third-order valence-corrected chi connectivity index (χ3v) is 7.26. The van der Waals surface area contributed by atoms with E-state index in [0.717, 1.165) is 17.3 Å². The van der Waals surface area contributed by atoms with Crippen LogP contribution in [-0.2, 0) is 16.4 Å². The van der Waals surface area contributed by atoms with Crippen LogP contribution in [0.15, 0.2) is 58.8 Å². The number of rotatable bonds is 5. The van der Waals surface area contributed by atoms with E-state index in [-0.39, 0.29) is 16.5 Å². The van der Waals surface area contributed by atoms with E-state index in [1.807, 2.05) is 11.4 Å². The zero-order chi connectivity index (χ0) is 21.5. The molecule has 3 aromatic rings. The molecule has 2 aromatic carbocycles.